The molecule has 0 fully saturated rings. The van der Waals surface area contributed by atoms with Crippen LogP contribution in [-0.2, 0) is 11.8 Å². The first kappa shape index (κ1) is 16.9. The Bertz CT molecular complexity index is 644. The van der Waals surface area contributed by atoms with Crippen LogP contribution in [0.2, 0.25) is 5.15 Å². The van der Waals surface area contributed by atoms with Crippen LogP contribution in [0.4, 0.5) is 0 Å². The molecule has 0 spiro atoms. The number of halogens is 2. The van der Waals surface area contributed by atoms with Gasteiger partial charge in [0.2, 0.25) is 0 Å². The molecule has 0 amide bonds. The quantitative estimate of drug-likeness (QED) is 0.593. The Hall–Kier alpha value is -0.450. The Labute approximate surface area is 144 Å². The van der Waals surface area contributed by atoms with Crippen LogP contribution in [0.15, 0.2) is 16.6 Å². The molecule has 2 rings (SSSR count). The number of aromatic nitrogens is 2. The van der Waals surface area contributed by atoms with Crippen molar-refractivity contribution in [3.05, 3.63) is 32.3 Å². The van der Waals surface area contributed by atoms with Gasteiger partial charge < -0.3 is 0 Å². The molecule has 0 atom stereocenters. The highest BCUT2D eigenvalue weighted by Crippen LogP contribution is 2.35. The van der Waals surface area contributed by atoms with Crippen LogP contribution >= 0.6 is 38.9 Å². The molecule has 5 heteroatoms. The van der Waals surface area contributed by atoms with Gasteiger partial charge in [0, 0.05) is 4.88 Å². The van der Waals surface area contributed by atoms with Gasteiger partial charge in [-0.15, -0.1) is 11.3 Å². The molecule has 2 heterocycles. The fourth-order valence-electron chi connectivity index (χ4n) is 1.96. The summed E-state index contributed by atoms with van der Waals surface area (Å²) in [4.78, 5) is 11.5. The minimum Gasteiger partial charge on any atom is -0.231 e. The van der Waals surface area contributed by atoms with E-state index in [9.17, 15) is 0 Å². The maximum atomic E-state index is 6.26. The molecule has 2 aromatic rings. The Morgan fingerprint density at radius 2 is 1.90 bits per heavy atom. The zero-order valence-corrected chi connectivity index (χ0v) is 16.2. The smallest absolute Gasteiger partial charge is 0.171 e. The summed E-state index contributed by atoms with van der Waals surface area (Å²) in [6, 6.07) is 4.24. The number of nitrogens with zero attached hydrogens (tertiary/aromatic N) is 2. The van der Waals surface area contributed by atoms with Crippen molar-refractivity contribution in [1.29, 1.82) is 0 Å². The van der Waals surface area contributed by atoms with Crippen LogP contribution in [0, 0.1) is 5.92 Å². The summed E-state index contributed by atoms with van der Waals surface area (Å²) < 4.78 is 0.814. The van der Waals surface area contributed by atoms with Crippen LogP contribution in [-0.4, -0.2) is 9.97 Å². The van der Waals surface area contributed by atoms with Crippen molar-refractivity contribution in [2.24, 2.45) is 5.92 Å². The lowest BCUT2D eigenvalue weighted by atomic mass is 9.95. The second-order valence-electron chi connectivity index (χ2n) is 6.61. The van der Waals surface area contributed by atoms with Gasteiger partial charge in [0.15, 0.2) is 5.82 Å². The van der Waals surface area contributed by atoms with Crippen molar-refractivity contribution in [2.45, 2.75) is 46.5 Å². The fourth-order valence-corrected chi connectivity index (χ4v) is 3.48. The fraction of sp³-hybridized carbons (Fsp3) is 0.500. The molecule has 0 aliphatic rings. The summed E-state index contributed by atoms with van der Waals surface area (Å²) in [6.45, 7) is 11.0. The van der Waals surface area contributed by atoms with E-state index in [1.165, 1.54) is 4.88 Å². The van der Waals surface area contributed by atoms with Gasteiger partial charge in [-0.25, -0.2) is 9.97 Å². The minimum atomic E-state index is 0.142. The molecule has 2 aromatic heterocycles. The van der Waals surface area contributed by atoms with Gasteiger partial charge in [-0.3, -0.25) is 0 Å². The molecule has 114 valence electrons. The van der Waals surface area contributed by atoms with Crippen molar-refractivity contribution in [1.82, 2.24) is 9.97 Å². The Morgan fingerprint density at radius 1 is 1.24 bits per heavy atom. The SMILES string of the molecule is CC(C)Cc1nc(-c2ccc(C(C)(C)C)s2)nc(Cl)c1Br. The van der Waals surface area contributed by atoms with Gasteiger partial charge in [-0.1, -0.05) is 46.2 Å². The molecule has 0 N–H and O–H groups in total. The molecular formula is C16H20BrClN2S. The molecule has 2 nitrogen and oxygen atoms in total. The number of rotatable bonds is 3. The molecule has 0 saturated carbocycles. The number of thiophene rings is 1. The second kappa shape index (κ2) is 6.35. The van der Waals surface area contributed by atoms with Gasteiger partial charge in [0.25, 0.3) is 0 Å². The van der Waals surface area contributed by atoms with Gasteiger partial charge in [0.05, 0.1) is 15.0 Å². The van der Waals surface area contributed by atoms with E-state index in [1.54, 1.807) is 11.3 Å². The van der Waals surface area contributed by atoms with Crippen LogP contribution in [0.3, 0.4) is 0 Å². The molecule has 21 heavy (non-hydrogen) atoms. The third kappa shape index (κ3) is 4.05. The molecular weight excluding hydrogens is 368 g/mol. The van der Waals surface area contributed by atoms with E-state index in [4.69, 9.17) is 16.6 Å². The average Bonchev–Trinajstić information content (AvgIpc) is 2.83. The predicted octanol–water partition coefficient (Wildman–Crippen LogP) is 6.12. The van der Waals surface area contributed by atoms with Crippen molar-refractivity contribution < 1.29 is 0 Å². The zero-order valence-electron chi connectivity index (χ0n) is 13.0. The molecule has 0 aromatic carbocycles. The molecule has 0 unspecified atom stereocenters. The number of hydrogen-bond acceptors (Lipinski definition) is 3. The zero-order chi connectivity index (χ0) is 15.8. The van der Waals surface area contributed by atoms with E-state index in [0.717, 1.165) is 27.3 Å². The summed E-state index contributed by atoms with van der Waals surface area (Å²) in [6.07, 6.45) is 0.882. The normalized spacial score (nSPS) is 12.2. The summed E-state index contributed by atoms with van der Waals surface area (Å²) in [5.41, 5.74) is 1.12. The summed E-state index contributed by atoms with van der Waals surface area (Å²) in [5.74, 6) is 1.24. The first-order valence-electron chi connectivity index (χ1n) is 7.01. The Morgan fingerprint density at radius 3 is 2.43 bits per heavy atom. The highest BCUT2D eigenvalue weighted by molar-refractivity contribution is 9.10. The molecule has 0 aliphatic heterocycles. The maximum absolute atomic E-state index is 6.26. The molecule has 0 aliphatic carbocycles. The van der Waals surface area contributed by atoms with Crippen LogP contribution in [0.5, 0.6) is 0 Å². The maximum Gasteiger partial charge on any atom is 0.171 e. The van der Waals surface area contributed by atoms with Gasteiger partial charge in [-0.05, 0) is 45.8 Å². The van der Waals surface area contributed by atoms with Crippen molar-refractivity contribution in [3.63, 3.8) is 0 Å². The van der Waals surface area contributed by atoms with E-state index in [1.807, 2.05) is 0 Å². The minimum absolute atomic E-state index is 0.142. The summed E-state index contributed by atoms with van der Waals surface area (Å²) in [7, 11) is 0. The van der Waals surface area contributed by atoms with Gasteiger partial charge in [0.1, 0.15) is 5.15 Å². The summed E-state index contributed by atoms with van der Waals surface area (Å²) >= 11 is 11.5. The van der Waals surface area contributed by atoms with E-state index in [2.05, 4.69) is 67.7 Å². The van der Waals surface area contributed by atoms with Crippen molar-refractivity contribution in [3.8, 4) is 10.7 Å². The first-order valence-corrected chi connectivity index (χ1v) is 9.00. The van der Waals surface area contributed by atoms with Crippen LogP contribution in [0.1, 0.15) is 45.2 Å². The van der Waals surface area contributed by atoms with Gasteiger partial charge in [-0.2, -0.15) is 0 Å². The highest BCUT2D eigenvalue weighted by Gasteiger charge is 2.19. The van der Waals surface area contributed by atoms with Crippen molar-refractivity contribution in [2.75, 3.05) is 0 Å². The Kier molecular flexibility index (Phi) is 5.11. The Balaban J connectivity index is 2.44. The third-order valence-corrected chi connectivity index (χ3v) is 5.89. The van der Waals surface area contributed by atoms with Gasteiger partial charge >= 0.3 is 0 Å². The van der Waals surface area contributed by atoms with E-state index in [-0.39, 0.29) is 5.41 Å². The molecule has 0 radical (unpaired) electrons. The molecule has 0 bridgehead atoms. The monoisotopic (exact) mass is 386 g/mol. The van der Waals surface area contributed by atoms with Crippen LogP contribution in [0.25, 0.3) is 10.7 Å². The number of hydrogen-bond donors (Lipinski definition) is 0. The summed E-state index contributed by atoms with van der Waals surface area (Å²) in [5, 5.41) is 0.487. The molecule has 0 saturated heterocycles. The lowest BCUT2D eigenvalue weighted by Gasteiger charge is -2.15. The highest BCUT2D eigenvalue weighted by atomic mass is 79.9. The average molecular weight is 388 g/mol. The van der Waals surface area contributed by atoms with Crippen LogP contribution < -0.4 is 0 Å². The first-order chi connectivity index (χ1) is 9.68. The topological polar surface area (TPSA) is 25.8 Å². The third-order valence-electron chi connectivity index (χ3n) is 3.05. The van der Waals surface area contributed by atoms with E-state index < -0.39 is 0 Å². The lowest BCUT2D eigenvalue weighted by molar-refractivity contribution is 0.604. The second-order valence-corrected chi connectivity index (χ2v) is 8.85. The standard InChI is InChI=1S/C16H20BrClN2S/c1-9(2)8-10-13(17)14(18)20-15(19-10)11-6-7-12(21-11)16(3,4)5/h6-7,9H,8H2,1-5H3. The van der Waals surface area contributed by atoms with E-state index in [0.29, 0.717) is 11.1 Å². The largest absolute Gasteiger partial charge is 0.231 e. The van der Waals surface area contributed by atoms with Crippen molar-refractivity contribution >= 4 is 38.9 Å². The lowest BCUT2D eigenvalue weighted by Crippen LogP contribution is -2.07. The predicted molar refractivity (Wildman–Crippen MR) is 95.3 cm³/mol. The van der Waals surface area contributed by atoms with E-state index >= 15 is 0 Å².